The number of halogens is 1. The Bertz CT molecular complexity index is 648. The van der Waals surface area contributed by atoms with Crippen molar-refractivity contribution in [3.63, 3.8) is 0 Å². The van der Waals surface area contributed by atoms with Crippen LogP contribution in [0.3, 0.4) is 0 Å². The Morgan fingerprint density at radius 3 is 2.70 bits per heavy atom. The van der Waals surface area contributed by atoms with Gasteiger partial charge in [-0.3, -0.25) is 9.59 Å². The van der Waals surface area contributed by atoms with Crippen molar-refractivity contribution >= 4 is 11.6 Å². The molecule has 124 valence electrons. The van der Waals surface area contributed by atoms with Crippen LogP contribution in [-0.2, 0) is 9.59 Å². The largest absolute Gasteiger partial charge is 0.295 e. The van der Waals surface area contributed by atoms with E-state index in [2.05, 4.69) is 13.5 Å². The van der Waals surface area contributed by atoms with Crippen LogP contribution in [0.15, 0.2) is 23.8 Å². The second kappa shape index (κ2) is 4.64. The predicted octanol–water partition coefficient (Wildman–Crippen LogP) is 4.20. The third-order valence-electron chi connectivity index (χ3n) is 7.55. The topological polar surface area (TPSA) is 34.1 Å². The molecule has 2 nitrogen and oxygen atoms in total. The third-order valence-corrected chi connectivity index (χ3v) is 7.55. The number of allylic oxidation sites excluding steroid dienone is 2. The summed E-state index contributed by atoms with van der Waals surface area (Å²) in [5, 5.41) is 0. The van der Waals surface area contributed by atoms with E-state index in [1.807, 2.05) is 6.92 Å². The van der Waals surface area contributed by atoms with Gasteiger partial charge in [0.15, 0.2) is 11.6 Å². The predicted molar refractivity (Wildman–Crippen MR) is 86.5 cm³/mol. The molecule has 0 spiro atoms. The van der Waals surface area contributed by atoms with E-state index in [1.165, 1.54) is 0 Å². The molecule has 0 aliphatic heterocycles. The summed E-state index contributed by atoms with van der Waals surface area (Å²) in [5.41, 5.74) is 1.09. The van der Waals surface area contributed by atoms with E-state index in [9.17, 15) is 9.59 Å². The Balaban J connectivity index is 1.77. The van der Waals surface area contributed by atoms with Gasteiger partial charge in [0.25, 0.3) is 0 Å². The fourth-order valence-corrected chi connectivity index (χ4v) is 6.36. The normalized spacial score (nSPS) is 49.3. The van der Waals surface area contributed by atoms with Crippen molar-refractivity contribution < 1.29 is 14.0 Å². The number of ketones is 2. The number of alkyl halides is 1. The molecule has 23 heavy (non-hydrogen) atoms. The van der Waals surface area contributed by atoms with Crippen LogP contribution in [0.4, 0.5) is 4.39 Å². The molecule has 0 aromatic heterocycles. The van der Waals surface area contributed by atoms with Crippen molar-refractivity contribution in [2.75, 3.05) is 0 Å². The molecule has 0 bridgehead atoms. The average molecular weight is 316 g/mol. The molecule has 0 aromatic rings. The number of rotatable bonds is 0. The Morgan fingerprint density at radius 2 is 1.96 bits per heavy atom. The van der Waals surface area contributed by atoms with Crippen molar-refractivity contribution in [3.8, 4) is 0 Å². The van der Waals surface area contributed by atoms with Gasteiger partial charge in [0.1, 0.15) is 6.17 Å². The maximum atomic E-state index is 15.3. The van der Waals surface area contributed by atoms with Crippen molar-refractivity contribution in [2.24, 2.45) is 28.6 Å². The quantitative estimate of drug-likeness (QED) is 0.628. The van der Waals surface area contributed by atoms with Crippen molar-refractivity contribution in [3.05, 3.63) is 23.8 Å². The molecule has 0 heterocycles. The van der Waals surface area contributed by atoms with Crippen molar-refractivity contribution in [1.82, 2.24) is 0 Å². The van der Waals surface area contributed by atoms with Gasteiger partial charge in [-0.1, -0.05) is 26.0 Å². The van der Waals surface area contributed by atoms with E-state index in [0.717, 1.165) is 31.3 Å². The molecule has 6 atom stereocenters. The zero-order valence-corrected chi connectivity index (χ0v) is 14.0. The van der Waals surface area contributed by atoms with Crippen molar-refractivity contribution in [2.45, 2.75) is 58.5 Å². The first kappa shape index (κ1) is 15.3. The standard InChI is InChI=1S/C20H25FO2/c1-11-8-15-14-5-4-12-9-13(22)6-7-19(12,2)17(14)16(21)10-20(15,3)18(11)23/h9,14-17H,1,4-8,10H2,2-3H3/t14-,15-,16-,17+,19-,20-/m0/s1. The van der Waals surface area contributed by atoms with Gasteiger partial charge in [-0.05, 0) is 61.0 Å². The van der Waals surface area contributed by atoms with Gasteiger partial charge in [0.2, 0.25) is 0 Å². The lowest BCUT2D eigenvalue weighted by Crippen LogP contribution is -2.55. The van der Waals surface area contributed by atoms with Gasteiger partial charge in [-0.15, -0.1) is 0 Å². The summed E-state index contributed by atoms with van der Waals surface area (Å²) in [5.74, 6) is 0.704. The summed E-state index contributed by atoms with van der Waals surface area (Å²) >= 11 is 0. The molecular formula is C20H25FO2. The molecule has 4 aliphatic rings. The maximum absolute atomic E-state index is 15.3. The number of fused-ring (bicyclic) bond motifs is 5. The average Bonchev–Trinajstić information content (AvgIpc) is 2.71. The summed E-state index contributed by atoms with van der Waals surface area (Å²) < 4.78 is 15.3. The highest BCUT2D eigenvalue weighted by Crippen LogP contribution is 2.65. The summed E-state index contributed by atoms with van der Waals surface area (Å²) in [7, 11) is 0. The second-order valence-electron chi connectivity index (χ2n) is 8.66. The minimum Gasteiger partial charge on any atom is -0.295 e. The van der Waals surface area contributed by atoms with E-state index in [4.69, 9.17) is 0 Å². The van der Waals surface area contributed by atoms with Gasteiger partial charge in [-0.2, -0.15) is 0 Å². The molecule has 0 aromatic carbocycles. The highest BCUT2D eigenvalue weighted by atomic mass is 19.1. The summed E-state index contributed by atoms with van der Waals surface area (Å²) in [6.45, 7) is 8.06. The van der Waals surface area contributed by atoms with E-state index in [-0.39, 0.29) is 34.7 Å². The Labute approximate surface area is 137 Å². The second-order valence-corrected chi connectivity index (χ2v) is 8.66. The molecule has 3 fully saturated rings. The Kier molecular flexibility index (Phi) is 3.09. The van der Waals surface area contributed by atoms with Gasteiger partial charge >= 0.3 is 0 Å². The van der Waals surface area contributed by atoms with Gasteiger partial charge in [0.05, 0.1) is 0 Å². The molecule has 0 saturated heterocycles. The highest BCUT2D eigenvalue weighted by molar-refractivity contribution is 6.02. The lowest BCUT2D eigenvalue weighted by Gasteiger charge is -2.57. The Hall–Kier alpha value is -1.25. The van der Waals surface area contributed by atoms with Gasteiger partial charge < -0.3 is 0 Å². The zero-order valence-electron chi connectivity index (χ0n) is 14.0. The van der Waals surface area contributed by atoms with Crippen LogP contribution < -0.4 is 0 Å². The van der Waals surface area contributed by atoms with E-state index >= 15 is 4.39 Å². The first-order chi connectivity index (χ1) is 10.8. The lowest BCUT2D eigenvalue weighted by atomic mass is 9.47. The molecule has 0 amide bonds. The first-order valence-electron chi connectivity index (χ1n) is 8.88. The van der Waals surface area contributed by atoms with Gasteiger partial charge in [0, 0.05) is 17.8 Å². The van der Waals surface area contributed by atoms with Crippen LogP contribution in [0, 0.1) is 28.6 Å². The van der Waals surface area contributed by atoms with Crippen LogP contribution >= 0.6 is 0 Å². The van der Waals surface area contributed by atoms with Crippen LogP contribution in [0.1, 0.15) is 52.4 Å². The van der Waals surface area contributed by atoms with Gasteiger partial charge in [-0.25, -0.2) is 4.39 Å². The summed E-state index contributed by atoms with van der Waals surface area (Å²) in [6.07, 6.45) is 4.97. The molecule has 4 rings (SSSR count). The smallest absolute Gasteiger partial charge is 0.164 e. The van der Waals surface area contributed by atoms with E-state index < -0.39 is 11.6 Å². The van der Waals surface area contributed by atoms with Crippen molar-refractivity contribution in [1.29, 1.82) is 0 Å². The minimum atomic E-state index is -0.960. The van der Waals surface area contributed by atoms with Crippen LogP contribution in [0.5, 0.6) is 0 Å². The molecule has 0 N–H and O–H groups in total. The molecule has 4 aliphatic carbocycles. The Morgan fingerprint density at radius 1 is 1.22 bits per heavy atom. The minimum absolute atomic E-state index is 0.0487. The lowest BCUT2D eigenvalue weighted by molar-refractivity contribution is -0.138. The first-order valence-corrected chi connectivity index (χ1v) is 8.88. The number of carbonyl (C=O) groups excluding carboxylic acids is 2. The SMILES string of the molecule is C=C1C[C@H]2[C@@H]3CCC4=CC(=O)CC[C@]4(C)[C@H]3[C@@H](F)C[C@]2(C)C1=O. The highest BCUT2D eigenvalue weighted by Gasteiger charge is 2.63. The molecule has 3 heteroatoms. The fourth-order valence-electron chi connectivity index (χ4n) is 6.36. The third kappa shape index (κ3) is 1.85. The maximum Gasteiger partial charge on any atom is 0.164 e. The number of hydrogen-bond acceptors (Lipinski definition) is 2. The number of hydrogen-bond donors (Lipinski definition) is 0. The molecule has 0 radical (unpaired) electrons. The van der Waals surface area contributed by atoms with Crippen LogP contribution in [-0.4, -0.2) is 17.7 Å². The fraction of sp³-hybridized carbons (Fsp3) is 0.700. The summed E-state index contributed by atoms with van der Waals surface area (Å²) in [6, 6.07) is 0. The number of carbonyl (C=O) groups is 2. The summed E-state index contributed by atoms with van der Waals surface area (Å²) in [4.78, 5) is 24.4. The number of Topliss-reactive ketones (excluding diaryl/α,β-unsaturated/α-hetero) is 1. The van der Waals surface area contributed by atoms with E-state index in [0.29, 0.717) is 18.4 Å². The molecular weight excluding hydrogens is 291 g/mol. The monoisotopic (exact) mass is 316 g/mol. The van der Waals surface area contributed by atoms with Crippen LogP contribution in [0.25, 0.3) is 0 Å². The van der Waals surface area contributed by atoms with E-state index in [1.54, 1.807) is 6.08 Å². The molecule has 3 saturated carbocycles. The molecule has 0 unspecified atom stereocenters. The van der Waals surface area contributed by atoms with Crippen LogP contribution in [0.2, 0.25) is 0 Å². The zero-order chi connectivity index (χ0) is 16.6.